The fourth-order valence-electron chi connectivity index (χ4n) is 2.37. The summed E-state index contributed by atoms with van der Waals surface area (Å²) < 4.78 is 30.2. The van der Waals surface area contributed by atoms with E-state index in [0.29, 0.717) is 4.47 Å². The second kappa shape index (κ2) is 6.88. The first-order valence-electron chi connectivity index (χ1n) is 7.32. The minimum Gasteiger partial charge on any atom is -0.306 e. The van der Waals surface area contributed by atoms with Gasteiger partial charge in [0, 0.05) is 28.6 Å². The molecule has 1 N–H and O–H groups in total. The van der Waals surface area contributed by atoms with Gasteiger partial charge in [0.2, 0.25) is 10.0 Å². The van der Waals surface area contributed by atoms with Crippen molar-refractivity contribution in [3.05, 3.63) is 77.3 Å². The van der Waals surface area contributed by atoms with Crippen molar-refractivity contribution in [2.45, 2.75) is 17.9 Å². The van der Waals surface area contributed by atoms with Gasteiger partial charge in [-0.3, -0.25) is 0 Å². The molecule has 5 nitrogen and oxygen atoms in total. The van der Waals surface area contributed by atoms with Crippen LogP contribution in [0.3, 0.4) is 0 Å². The molecule has 7 heteroatoms. The summed E-state index contributed by atoms with van der Waals surface area (Å²) in [6, 6.07) is 14.1. The molecule has 0 saturated carbocycles. The number of benzene rings is 2. The zero-order valence-corrected chi connectivity index (χ0v) is 15.3. The van der Waals surface area contributed by atoms with Crippen LogP contribution in [0.15, 0.2) is 76.6 Å². The van der Waals surface area contributed by atoms with Crippen molar-refractivity contribution in [2.24, 2.45) is 0 Å². The molecule has 3 rings (SSSR count). The van der Waals surface area contributed by atoms with Crippen LogP contribution in [-0.2, 0) is 10.0 Å². The summed E-state index contributed by atoms with van der Waals surface area (Å²) in [6.45, 7) is 1.82. The maximum absolute atomic E-state index is 12.5. The highest BCUT2D eigenvalue weighted by molar-refractivity contribution is 9.10. The summed E-state index contributed by atoms with van der Waals surface area (Å²) in [4.78, 5) is 4.24. The van der Waals surface area contributed by atoms with E-state index in [9.17, 15) is 8.42 Å². The predicted molar refractivity (Wildman–Crippen MR) is 96.4 cm³/mol. The maximum Gasteiger partial charge on any atom is 0.242 e. The highest BCUT2D eigenvalue weighted by atomic mass is 79.9. The van der Waals surface area contributed by atoms with Gasteiger partial charge in [-0.15, -0.1) is 0 Å². The Bertz CT molecular complexity index is 923. The zero-order chi connectivity index (χ0) is 17.2. The van der Waals surface area contributed by atoms with Crippen molar-refractivity contribution in [1.82, 2.24) is 14.3 Å². The molecule has 24 heavy (non-hydrogen) atoms. The van der Waals surface area contributed by atoms with Gasteiger partial charge in [0.15, 0.2) is 0 Å². The van der Waals surface area contributed by atoms with Crippen molar-refractivity contribution >= 4 is 26.0 Å². The van der Waals surface area contributed by atoms with E-state index in [1.165, 1.54) is 0 Å². The number of nitrogens with one attached hydrogen (secondary N) is 1. The number of imidazole rings is 1. The quantitative estimate of drug-likeness (QED) is 0.703. The molecule has 3 aromatic rings. The zero-order valence-electron chi connectivity index (χ0n) is 12.9. The molecule has 0 spiro atoms. The molecule has 0 radical (unpaired) electrons. The molecule has 0 bridgehead atoms. The SMILES string of the molecule is C[C@@H](NS(=O)(=O)c1ccccc1Br)c1ccc(-n2ccnc2)cc1. The van der Waals surface area contributed by atoms with Gasteiger partial charge in [0.25, 0.3) is 0 Å². The van der Waals surface area contributed by atoms with Crippen molar-refractivity contribution in [1.29, 1.82) is 0 Å². The first-order chi connectivity index (χ1) is 11.5. The molecular weight excluding hydrogens is 390 g/mol. The van der Waals surface area contributed by atoms with Gasteiger partial charge in [-0.05, 0) is 52.7 Å². The van der Waals surface area contributed by atoms with Crippen LogP contribution in [0.25, 0.3) is 5.69 Å². The molecule has 0 aliphatic rings. The van der Waals surface area contributed by atoms with Crippen molar-refractivity contribution in [3.63, 3.8) is 0 Å². The Labute approximate surface area is 149 Å². The number of hydrogen-bond donors (Lipinski definition) is 1. The topological polar surface area (TPSA) is 64.0 Å². The third-order valence-corrected chi connectivity index (χ3v) is 6.21. The van der Waals surface area contributed by atoms with Crippen LogP contribution in [-0.4, -0.2) is 18.0 Å². The minimum atomic E-state index is -3.60. The highest BCUT2D eigenvalue weighted by Gasteiger charge is 2.20. The van der Waals surface area contributed by atoms with Gasteiger partial charge in [0.05, 0.1) is 11.2 Å². The average molecular weight is 406 g/mol. The van der Waals surface area contributed by atoms with Crippen LogP contribution in [0.4, 0.5) is 0 Å². The Morgan fingerprint density at radius 1 is 1.12 bits per heavy atom. The van der Waals surface area contributed by atoms with Crippen molar-refractivity contribution < 1.29 is 8.42 Å². The summed E-state index contributed by atoms with van der Waals surface area (Å²) in [7, 11) is -3.60. The van der Waals surface area contributed by atoms with Gasteiger partial charge in [-0.2, -0.15) is 0 Å². The fourth-order valence-corrected chi connectivity index (χ4v) is 4.61. The monoisotopic (exact) mass is 405 g/mol. The van der Waals surface area contributed by atoms with E-state index in [4.69, 9.17) is 0 Å². The number of sulfonamides is 1. The molecule has 0 fully saturated rings. The van der Waals surface area contributed by atoms with Crippen molar-refractivity contribution in [2.75, 3.05) is 0 Å². The molecule has 0 amide bonds. The van der Waals surface area contributed by atoms with Crippen molar-refractivity contribution in [3.8, 4) is 5.69 Å². The Balaban J connectivity index is 1.80. The average Bonchev–Trinajstić information content (AvgIpc) is 3.09. The summed E-state index contributed by atoms with van der Waals surface area (Å²) >= 11 is 3.28. The minimum absolute atomic E-state index is 0.229. The molecule has 0 unspecified atom stereocenters. The molecule has 1 aromatic heterocycles. The smallest absolute Gasteiger partial charge is 0.242 e. The van der Waals surface area contributed by atoms with E-state index in [-0.39, 0.29) is 10.9 Å². The third kappa shape index (κ3) is 3.58. The molecular formula is C17H16BrN3O2S. The number of aromatic nitrogens is 2. The summed E-state index contributed by atoms with van der Waals surface area (Å²) in [6.07, 6.45) is 5.28. The van der Waals surface area contributed by atoms with Crippen LogP contribution in [0.2, 0.25) is 0 Å². The van der Waals surface area contributed by atoms with Gasteiger partial charge in [-0.25, -0.2) is 18.1 Å². The molecule has 0 aliphatic carbocycles. The normalized spacial score (nSPS) is 12.9. The largest absolute Gasteiger partial charge is 0.306 e. The van der Waals surface area contributed by atoms with E-state index >= 15 is 0 Å². The lowest BCUT2D eigenvalue weighted by atomic mass is 10.1. The van der Waals surface area contributed by atoms with E-state index < -0.39 is 10.0 Å². The van der Waals surface area contributed by atoms with Gasteiger partial charge >= 0.3 is 0 Å². The summed E-state index contributed by atoms with van der Waals surface area (Å²) in [5, 5.41) is 0. The fraction of sp³-hybridized carbons (Fsp3) is 0.118. The summed E-state index contributed by atoms with van der Waals surface area (Å²) in [5.41, 5.74) is 1.85. The molecule has 0 saturated heterocycles. The molecule has 1 atom stereocenters. The second-order valence-electron chi connectivity index (χ2n) is 5.33. The first-order valence-corrected chi connectivity index (χ1v) is 9.60. The Kier molecular flexibility index (Phi) is 4.84. The maximum atomic E-state index is 12.5. The third-order valence-electron chi connectivity index (χ3n) is 3.65. The Morgan fingerprint density at radius 2 is 1.83 bits per heavy atom. The van der Waals surface area contributed by atoms with Gasteiger partial charge < -0.3 is 4.57 Å². The van der Waals surface area contributed by atoms with Gasteiger partial charge in [-0.1, -0.05) is 24.3 Å². The van der Waals surface area contributed by atoms with Crippen LogP contribution in [0, 0.1) is 0 Å². The number of nitrogens with zero attached hydrogens (tertiary/aromatic N) is 2. The van der Waals surface area contributed by atoms with Crippen LogP contribution in [0.1, 0.15) is 18.5 Å². The van der Waals surface area contributed by atoms with Crippen LogP contribution in [0.5, 0.6) is 0 Å². The van der Waals surface area contributed by atoms with Gasteiger partial charge in [0.1, 0.15) is 0 Å². The molecule has 124 valence electrons. The Morgan fingerprint density at radius 3 is 2.46 bits per heavy atom. The predicted octanol–water partition coefficient (Wildman–Crippen LogP) is 3.67. The van der Waals surface area contributed by atoms with E-state index in [1.807, 2.05) is 42.0 Å². The van der Waals surface area contributed by atoms with E-state index in [1.54, 1.807) is 36.8 Å². The lowest BCUT2D eigenvalue weighted by Crippen LogP contribution is -2.27. The lowest BCUT2D eigenvalue weighted by molar-refractivity contribution is 0.566. The number of halogens is 1. The Hall–Kier alpha value is -1.96. The molecule has 2 aromatic carbocycles. The van der Waals surface area contributed by atoms with E-state index in [2.05, 4.69) is 25.6 Å². The lowest BCUT2D eigenvalue weighted by Gasteiger charge is -2.16. The van der Waals surface area contributed by atoms with E-state index in [0.717, 1.165) is 11.3 Å². The van der Waals surface area contributed by atoms with Crippen LogP contribution >= 0.6 is 15.9 Å². The number of rotatable bonds is 5. The molecule has 0 aliphatic heterocycles. The molecule has 1 heterocycles. The number of hydrogen-bond acceptors (Lipinski definition) is 3. The standard InChI is InChI=1S/C17H16BrN3O2S/c1-13(20-24(22,23)17-5-3-2-4-16(17)18)14-6-8-15(9-7-14)21-11-10-19-12-21/h2-13,20H,1H3/t13-/m1/s1. The van der Waals surface area contributed by atoms with Crippen LogP contribution < -0.4 is 4.72 Å². The summed E-state index contributed by atoms with van der Waals surface area (Å²) in [5.74, 6) is 0. The first kappa shape index (κ1) is 16.9. The second-order valence-corrected chi connectivity index (χ2v) is 7.87. The highest BCUT2D eigenvalue weighted by Crippen LogP contribution is 2.24.